The number of esters is 1. The molecule has 2 unspecified atom stereocenters. The molecule has 0 aromatic heterocycles. The van der Waals surface area contributed by atoms with E-state index in [1.54, 1.807) is 31.2 Å². The molecule has 8 heteroatoms. The number of rotatable bonds is 6. The highest BCUT2D eigenvalue weighted by molar-refractivity contribution is 6.32. The van der Waals surface area contributed by atoms with Crippen molar-refractivity contribution in [2.45, 2.75) is 32.4 Å². The van der Waals surface area contributed by atoms with Crippen molar-refractivity contribution < 1.29 is 23.9 Å². The lowest BCUT2D eigenvalue weighted by Gasteiger charge is -2.16. The van der Waals surface area contributed by atoms with Crippen LogP contribution in [0.3, 0.4) is 0 Å². The minimum atomic E-state index is -0.622. The number of carbonyl (C=O) groups is 3. The number of hydrogen-bond acceptors (Lipinski definition) is 5. The van der Waals surface area contributed by atoms with Gasteiger partial charge in [-0.1, -0.05) is 23.7 Å². The number of amides is 2. The first kappa shape index (κ1) is 21.6. The molecule has 158 valence electrons. The van der Waals surface area contributed by atoms with Gasteiger partial charge in [0.2, 0.25) is 11.8 Å². The quantitative estimate of drug-likeness (QED) is 0.687. The summed E-state index contributed by atoms with van der Waals surface area (Å²) in [4.78, 5) is 35.0. The Bertz CT molecular complexity index is 991. The molecule has 30 heavy (non-hydrogen) atoms. The first-order valence-corrected chi connectivity index (χ1v) is 9.89. The van der Waals surface area contributed by atoms with Gasteiger partial charge in [0.15, 0.2) is 0 Å². The maximum Gasteiger partial charge on any atom is 0.337 e. The lowest BCUT2D eigenvalue weighted by molar-refractivity contribution is -0.127. The van der Waals surface area contributed by atoms with Gasteiger partial charge in [0.05, 0.1) is 24.2 Å². The van der Waals surface area contributed by atoms with Crippen LogP contribution in [0.25, 0.3) is 11.1 Å². The second kappa shape index (κ2) is 9.17. The van der Waals surface area contributed by atoms with E-state index >= 15 is 0 Å². The van der Waals surface area contributed by atoms with Crippen molar-refractivity contribution in [3.63, 3.8) is 0 Å². The zero-order valence-corrected chi connectivity index (χ0v) is 17.7. The van der Waals surface area contributed by atoms with Crippen LogP contribution in [0, 0.1) is 0 Å². The molecule has 0 spiro atoms. The Balaban J connectivity index is 1.71. The summed E-state index contributed by atoms with van der Waals surface area (Å²) < 4.78 is 10.7. The zero-order valence-electron chi connectivity index (χ0n) is 17.0. The maximum absolute atomic E-state index is 12.1. The van der Waals surface area contributed by atoms with Crippen LogP contribution in [-0.2, 0) is 20.7 Å². The summed E-state index contributed by atoms with van der Waals surface area (Å²) in [5.41, 5.74) is 3.08. The number of benzene rings is 2. The smallest absolute Gasteiger partial charge is 0.337 e. The van der Waals surface area contributed by atoms with Gasteiger partial charge in [0, 0.05) is 18.9 Å². The Kier molecular flexibility index (Phi) is 6.62. The number of carbonyl (C=O) groups excluding carboxylic acids is 3. The van der Waals surface area contributed by atoms with Crippen LogP contribution < -0.4 is 15.4 Å². The maximum atomic E-state index is 12.1. The van der Waals surface area contributed by atoms with Crippen molar-refractivity contribution >= 4 is 29.4 Å². The zero-order chi connectivity index (χ0) is 21.8. The second-order valence-electron chi connectivity index (χ2n) is 7.13. The summed E-state index contributed by atoms with van der Waals surface area (Å²) in [5.74, 6) is -0.357. The van der Waals surface area contributed by atoms with E-state index < -0.39 is 12.0 Å². The molecule has 7 nitrogen and oxygen atoms in total. The first-order valence-electron chi connectivity index (χ1n) is 9.51. The molecule has 2 aromatic carbocycles. The van der Waals surface area contributed by atoms with E-state index in [4.69, 9.17) is 21.1 Å². The van der Waals surface area contributed by atoms with E-state index in [2.05, 4.69) is 10.6 Å². The fourth-order valence-electron chi connectivity index (χ4n) is 3.35. The molecular formula is C22H23ClN2O5. The van der Waals surface area contributed by atoms with Gasteiger partial charge in [-0.15, -0.1) is 0 Å². The van der Waals surface area contributed by atoms with E-state index in [9.17, 15) is 14.4 Å². The number of fused-ring (bicyclic) bond motifs is 1. The summed E-state index contributed by atoms with van der Waals surface area (Å²) in [6.07, 6.45) is 0.316. The molecule has 2 amide bonds. The summed E-state index contributed by atoms with van der Waals surface area (Å²) in [6, 6.07) is 10.3. The lowest BCUT2D eigenvalue weighted by Crippen LogP contribution is -2.46. The van der Waals surface area contributed by atoms with Crippen molar-refractivity contribution in [1.82, 2.24) is 10.6 Å². The topological polar surface area (TPSA) is 93.7 Å². The van der Waals surface area contributed by atoms with Crippen LogP contribution in [0.5, 0.6) is 5.75 Å². The normalized spacial score (nSPS) is 15.5. The van der Waals surface area contributed by atoms with E-state index in [0.29, 0.717) is 29.3 Å². The van der Waals surface area contributed by atoms with Crippen molar-refractivity contribution in [3.05, 3.63) is 52.5 Å². The number of halogens is 1. The summed E-state index contributed by atoms with van der Waals surface area (Å²) in [6.45, 7) is 3.27. The Morgan fingerprint density at radius 2 is 2.00 bits per heavy atom. The van der Waals surface area contributed by atoms with Gasteiger partial charge >= 0.3 is 5.97 Å². The minimum absolute atomic E-state index is 0.261. The fraction of sp³-hybridized carbons (Fsp3) is 0.318. The molecule has 3 rings (SSSR count). The molecule has 0 fully saturated rings. The number of methoxy groups -OCH3 is 1. The third-order valence-electron chi connectivity index (χ3n) is 4.79. The Labute approximate surface area is 179 Å². The average molecular weight is 431 g/mol. The first-order chi connectivity index (χ1) is 14.3. The molecule has 0 aliphatic carbocycles. The van der Waals surface area contributed by atoms with Gasteiger partial charge in [-0.25, -0.2) is 4.79 Å². The van der Waals surface area contributed by atoms with E-state index in [1.807, 2.05) is 12.1 Å². The van der Waals surface area contributed by atoms with Crippen molar-refractivity contribution in [3.8, 4) is 16.9 Å². The number of ether oxygens (including phenoxy) is 2. The van der Waals surface area contributed by atoms with Crippen molar-refractivity contribution in [2.75, 3.05) is 13.7 Å². The highest BCUT2D eigenvalue weighted by atomic mass is 35.5. The number of hydrogen-bond donors (Lipinski definition) is 2. The monoisotopic (exact) mass is 430 g/mol. The molecule has 0 saturated heterocycles. The molecule has 2 aromatic rings. The van der Waals surface area contributed by atoms with Crippen LogP contribution in [0.1, 0.15) is 29.8 Å². The molecular weight excluding hydrogens is 408 g/mol. The van der Waals surface area contributed by atoms with Gasteiger partial charge in [-0.2, -0.15) is 0 Å². The Hall–Kier alpha value is -3.06. The molecule has 0 radical (unpaired) electrons. The lowest BCUT2D eigenvalue weighted by atomic mass is 9.99. The third-order valence-corrected chi connectivity index (χ3v) is 5.07. The SMILES string of the molecule is COC(=O)c1cccc(-c2cc(Cl)c3c(c2)CC(CNC(=O)C(C)NC(C)=O)O3)c1. The molecule has 0 saturated carbocycles. The molecule has 0 bridgehead atoms. The molecule has 1 aliphatic rings. The molecule has 1 heterocycles. The van der Waals surface area contributed by atoms with Crippen LogP contribution in [0.4, 0.5) is 0 Å². The predicted molar refractivity (Wildman–Crippen MR) is 113 cm³/mol. The largest absolute Gasteiger partial charge is 0.486 e. The van der Waals surface area contributed by atoms with Gasteiger partial charge < -0.3 is 20.1 Å². The van der Waals surface area contributed by atoms with Crippen LogP contribution in [-0.4, -0.2) is 43.6 Å². The average Bonchev–Trinajstić information content (AvgIpc) is 3.14. The molecule has 2 N–H and O–H groups in total. The Morgan fingerprint density at radius 3 is 2.70 bits per heavy atom. The minimum Gasteiger partial charge on any atom is -0.486 e. The van der Waals surface area contributed by atoms with Crippen LogP contribution in [0.15, 0.2) is 36.4 Å². The molecule has 2 atom stereocenters. The van der Waals surface area contributed by atoms with E-state index in [-0.39, 0.29) is 17.9 Å². The van der Waals surface area contributed by atoms with Crippen LogP contribution >= 0.6 is 11.6 Å². The van der Waals surface area contributed by atoms with Crippen molar-refractivity contribution in [1.29, 1.82) is 0 Å². The van der Waals surface area contributed by atoms with Gasteiger partial charge in [0.1, 0.15) is 17.9 Å². The predicted octanol–water partition coefficient (Wildman–Crippen LogP) is 2.74. The van der Waals surface area contributed by atoms with Gasteiger partial charge in [-0.05, 0) is 42.3 Å². The van der Waals surface area contributed by atoms with E-state index in [0.717, 1.165) is 16.7 Å². The highest BCUT2D eigenvalue weighted by Gasteiger charge is 2.27. The Morgan fingerprint density at radius 1 is 1.23 bits per heavy atom. The van der Waals surface area contributed by atoms with Crippen molar-refractivity contribution in [2.24, 2.45) is 0 Å². The number of nitrogens with one attached hydrogen (secondary N) is 2. The summed E-state index contributed by atoms with van der Waals surface area (Å²) in [7, 11) is 1.34. The third kappa shape index (κ3) is 4.91. The second-order valence-corrected chi connectivity index (χ2v) is 7.54. The van der Waals surface area contributed by atoms with Crippen LogP contribution in [0.2, 0.25) is 5.02 Å². The standard InChI is InChI=1S/C22H23ClN2O5/c1-12(25-13(2)26)21(27)24-11-18-9-17-8-16(10-19(23)20(17)30-18)14-5-4-6-15(7-14)22(28)29-3/h4-8,10,12,18H,9,11H2,1-3H3,(H,24,27)(H,25,26). The molecule has 1 aliphatic heterocycles. The highest BCUT2D eigenvalue weighted by Crippen LogP contribution is 2.39. The van der Waals surface area contributed by atoms with Gasteiger partial charge in [0.25, 0.3) is 0 Å². The summed E-state index contributed by atoms with van der Waals surface area (Å²) >= 11 is 6.44. The summed E-state index contributed by atoms with van der Waals surface area (Å²) in [5, 5.41) is 5.79. The fourth-order valence-corrected chi connectivity index (χ4v) is 3.63. The van der Waals surface area contributed by atoms with Gasteiger partial charge in [-0.3, -0.25) is 9.59 Å². The van der Waals surface area contributed by atoms with E-state index in [1.165, 1.54) is 14.0 Å².